The molecular formula is C29H26O5. The molecule has 0 spiro atoms. The largest absolute Gasteiger partial charge is 0.508 e. The van der Waals surface area contributed by atoms with Crippen LogP contribution in [0.5, 0.6) is 23.0 Å². The van der Waals surface area contributed by atoms with Crippen molar-refractivity contribution in [2.24, 2.45) is 0 Å². The lowest BCUT2D eigenvalue weighted by molar-refractivity contribution is -0.134. The Morgan fingerprint density at radius 1 is 0.588 bits per heavy atom. The Bertz CT molecular complexity index is 1180. The minimum absolute atomic E-state index is 0.171. The van der Waals surface area contributed by atoms with E-state index >= 15 is 0 Å². The Hall–Kier alpha value is -4.25. The predicted molar refractivity (Wildman–Crippen MR) is 130 cm³/mol. The number of aromatic hydroxyl groups is 3. The normalized spacial score (nSPS) is 11.8. The summed E-state index contributed by atoms with van der Waals surface area (Å²) in [7, 11) is 0. The van der Waals surface area contributed by atoms with E-state index in [9.17, 15) is 20.1 Å². The van der Waals surface area contributed by atoms with Gasteiger partial charge in [0.05, 0.1) is 0 Å². The molecule has 0 amide bonds. The molecule has 5 heteroatoms. The van der Waals surface area contributed by atoms with Gasteiger partial charge in [-0.2, -0.15) is 0 Å². The van der Waals surface area contributed by atoms with Gasteiger partial charge in [0, 0.05) is 18.3 Å². The van der Waals surface area contributed by atoms with Crippen LogP contribution in [0.15, 0.2) is 97.1 Å². The molecule has 0 saturated carbocycles. The summed E-state index contributed by atoms with van der Waals surface area (Å²) in [4.78, 5) is 11.7. The SMILES string of the molecule is CCC(=O)Oc1ccc(C(c2ccc(O)cc2)C(c2ccc(O)cc2)c2ccc(O)cc2)cc1. The summed E-state index contributed by atoms with van der Waals surface area (Å²) in [6.07, 6.45) is 0.293. The molecule has 0 aliphatic heterocycles. The van der Waals surface area contributed by atoms with Crippen LogP contribution in [0.4, 0.5) is 0 Å². The first-order valence-electron chi connectivity index (χ1n) is 11.1. The first-order chi connectivity index (χ1) is 16.4. The molecule has 0 heterocycles. The van der Waals surface area contributed by atoms with Gasteiger partial charge in [-0.15, -0.1) is 0 Å². The van der Waals surface area contributed by atoms with Crippen LogP contribution in [0.2, 0.25) is 0 Å². The van der Waals surface area contributed by atoms with E-state index in [4.69, 9.17) is 4.74 Å². The van der Waals surface area contributed by atoms with E-state index in [0.29, 0.717) is 12.2 Å². The van der Waals surface area contributed by atoms with Gasteiger partial charge < -0.3 is 20.1 Å². The van der Waals surface area contributed by atoms with Crippen LogP contribution >= 0.6 is 0 Å². The highest BCUT2D eigenvalue weighted by Gasteiger charge is 2.28. The number of phenols is 3. The van der Waals surface area contributed by atoms with Crippen molar-refractivity contribution >= 4 is 5.97 Å². The topological polar surface area (TPSA) is 87.0 Å². The van der Waals surface area contributed by atoms with E-state index < -0.39 is 0 Å². The average Bonchev–Trinajstić information content (AvgIpc) is 2.85. The Labute approximate surface area is 198 Å². The summed E-state index contributed by atoms with van der Waals surface area (Å²) >= 11 is 0. The number of hydrogen-bond donors (Lipinski definition) is 3. The zero-order valence-corrected chi connectivity index (χ0v) is 18.8. The molecule has 5 nitrogen and oxygen atoms in total. The average molecular weight is 455 g/mol. The molecule has 1 atom stereocenters. The minimum atomic E-state index is -0.297. The quantitative estimate of drug-likeness (QED) is 0.233. The predicted octanol–water partition coefficient (Wildman–Crippen LogP) is 6.08. The van der Waals surface area contributed by atoms with Crippen LogP contribution in [0, 0.1) is 0 Å². The summed E-state index contributed by atoms with van der Waals surface area (Å²) in [5, 5.41) is 29.6. The van der Waals surface area contributed by atoms with E-state index in [1.165, 1.54) is 0 Å². The first-order valence-corrected chi connectivity index (χ1v) is 11.1. The molecule has 0 aliphatic rings. The highest BCUT2D eigenvalue weighted by molar-refractivity contribution is 5.71. The van der Waals surface area contributed by atoms with Gasteiger partial charge in [-0.3, -0.25) is 4.79 Å². The van der Waals surface area contributed by atoms with Crippen molar-refractivity contribution in [3.05, 3.63) is 119 Å². The fourth-order valence-electron chi connectivity index (χ4n) is 4.15. The number of carbonyl (C=O) groups is 1. The maximum absolute atomic E-state index is 11.7. The molecule has 34 heavy (non-hydrogen) atoms. The molecule has 0 aliphatic carbocycles. The van der Waals surface area contributed by atoms with E-state index in [2.05, 4.69) is 0 Å². The van der Waals surface area contributed by atoms with Crippen molar-refractivity contribution in [1.82, 2.24) is 0 Å². The first kappa shape index (κ1) is 22.9. The third-order valence-electron chi connectivity index (χ3n) is 5.85. The molecule has 0 aromatic heterocycles. The minimum Gasteiger partial charge on any atom is -0.508 e. The number of phenolic OH excluding ortho intramolecular Hbond substituents is 3. The van der Waals surface area contributed by atoms with Crippen molar-refractivity contribution in [1.29, 1.82) is 0 Å². The summed E-state index contributed by atoms with van der Waals surface area (Å²) in [5.74, 6) is 0.364. The molecule has 172 valence electrons. The second kappa shape index (κ2) is 10.1. The van der Waals surface area contributed by atoms with E-state index in [1.54, 1.807) is 55.5 Å². The fraction of sp³-hybridized carbons (Fsp3) is 0.138. The van der Waals surface area contributed by atoms with Crippen LogP contribution in [0.25, 0.3) is 0 Å². The molecule has 3 N–H and O–H groups in total. The summed E-state index contributed by atoms with van der Waals surface area (Å²) in [6.45, 7) is 1.75. The van der Waals surface area contributed by atoms with Gasteiger partial charge in [-0.05, 0) is 70.8 Å². The number of carbonyl (C=O) groups excluding carboxylic acids is 1. The van der Waals surface area contributed by atoms with Gasteiger partial charge in [0.25, 0.3) is 0 Å². The van der Waals surface area contributed by atoms with E-state index in [0.717, 1.165) is 22.3 Å². The van der Waals surface area contributed by atoms with E-state index in [-0.39, 0.29) is 35.1 Å². The number of ether oxygens (including phenoxy) is 1. The molecule has 1 unspecified atom stereocenters. The van der Waals surface area contributed by atoms with E-state index in [1.807, 2.05) is 48.5 Å². The summed E-state index contributed by atoms with van der Waals surface area (Å²) in [6, 6.07) is 28.7. The van der Waals surface area contributed by atoms with Crippen molar-refractivity contribution in [2.45, 2.75) is 25.2 Å². The summed E-state index contributed by atoms with van der Waals surface area (Å²) < 4.78 is 5.35. The molecular weight excluding hydrogens is 428 g/mol. The number of hydrogen-bond acceptors (Lipinski definition) is 5. The lowest BCUT2D eigenvalue weighted by atomic mass is 9.73. The van der Waals surface area contributed by atoms with Crippen LogP contribution in [-0.2, 0) is 4.79 Å². The van der Waals surface area contributed by atoms with Crippen LogP contribution < -0.4 is 4.74 Å². The Kier molecular flexibility index (Phi) is 6.83. The molecule has 4 aromatic carbocycles. The number of rotatable bonds is 7. The monoisotopic (exact) mass is 454 g/mol. The van der Waals surface area contributed by atoms with Crippen molar-refractivity contribution in [2.75, 3.05) is 0 Å². The highest BCUT2D eigenvalue weighted by Crippen LogP contribution is 2.44. The zero-order valence-electron chi connectivity index (χ0n) is 18.8. The molecule has 4 rings (SSSR count). The second-order valence-electron chi connectivity index (χ2n) is 8.13. The van der Waals surface area contributed by atoms with Gasteiger partial charge in [0.2, 0.25) is 0 Å². The van der Waals surface area contributed by atoms with Crippen LogP contribution in [0.3, 0.4) is 0 Å². The third kappa shape index (κ3) is 5.21. The maximum Gasteiger partial charge on any atom is 0.310 e. The fourth-order valence-corrected chi connectivity index (χ4v) is 4.15. The molecule has 0 bridgehead atoms. The Morgan fingerprint density at radius 2 is 0.882 bits per heavy atom. The number of esters is 1. The van der Waals surface area contributed by atoms with Crippen LogP contribution in [0.1, 0.15) is 47.4 Å². The Balaban J connectivity index is 1.86. The smallest absolute Gasteiger partial charge is 0.310 e. The van der Waals surface area contributed by atoms with Gasteiger partial charge in [0.1, 0.15) is 23.0 Å². The maximum atomic E-state index is 11.7. The van der Waals surface area contributed by atoms with Crippen molar-refractivity contribution < 1.29 is 24.9 Å². The number of benzene rings is 4. The lowest BCUT2D eigenvalue weighted by Crippen LogP contribution is -2.15. The van der Waals surface area contributed by atoms with Gasteiger partial charge in [-0.25, -0.2) is 0 Å². The zero-order chi connectivity index (χ0) is 24.1. The second-order valence-corrected chi connectivity index (χ2v) is 8.13. The molecule has 0 fully saturated rings. The van der Waals surface area contributed by atoms with Gasteiger partial charge >= 0.3 is 5.97 Å². The van der Waals surface area contributed by atoms with Crippen molar-refractivity contribution in [3.8, 4) is 23.0 Å². The standard InChI is InChI=1S/C29H26O5/c1-2-27(33)34-26-17-9-22(10-18-26)29(21-7-15-25(32)16-8-21)28(19-3-11-23(30)12-4-19)20-5-13-24(31)14-6-20/h3-18,28-32H,2H2,1H3. The summed E-state index contributed by atoms with van der Waals surface area (Å²) in [5.41, 5.74) is 3.90. The van der Waals surface area contributed by atoms with Crippen molar-refractivity contribution in [3.63, 3.8) is 0 Å². The van der Waals surface area contributed by atoms with Crippen LogP contribution in [-0.4, -0.2) is 21.3 Å². The lowest BCUT2D eigenvalue weighted by Gasteiger charge is -2.29. The molecule has 0 radical (unpaired) electrons. The third-order valence-corrected chi connectivity index (χ3v) is 5.85. The van der Waals surface area contributed by atoms with Gasteiger partial charge in [0.15, 0.2) is 0 Å². The van der Waals surface area contributed by atoms with Gasteiger partial charge in [-0.1, -0.05) is 55.5 Å². The molecule has 4 aromatic rings. The molecule has 0 saturated heterocycles. The highest BCUT2D eigenvalue weighted by atomic mass is 16.5. The Morgan fingerprint density at radius 3 is 1.18 bits per heavy atom.